The van der Waals surface area contributed by atoms with Crippen LogP contribution in [0.4, 0.5) is 11.4 Å². The molecule has 0 saturated heterocycles. The van der Waals surface area contributed by atoms with E-state index in [1.807, 2.05) is 25.1 Å². The molecule has 0 bridgehead atoms. The van der Waals surface area contributed by atoms with E-state index in [0.29, 0.717) is 6.54 Å². The minimum atomic E-state index is -0.0775. The Morgan fingerprint density at radius 2 is 2.00 bits per heavy atom. The number of anilines is 2. The van der Waals surface area contributed by atoms with Crippen molar-refractivity contribution in [2.45, 2.75) is 20.4 Å². The lowest BCUT2D eigenvalue weighted by Gasteiger charge is -2.11. The summed E-state index contributed by atoms with van der Waals surface area (Å²) in [7, 11) is 0. The Labute approximate surface area is 112 Å². The second-order valence-electron chi connectivity index (χ2n) is 4.31. The third kappa shape index (κ3) is 3.77. The number of benzene rings is 1. The molecule has 0 aliphatic rings. The van der Waals surface area contributed by atoms with Gasteiger partial charge >= 0.3 is 0 Å². The standard InChI is InChI=1S/C14H16N4O/c1-10-3-4-13(18-11(2)19)5-14(10)17-8-12-6-15-9-16-7-12/h3-7,9,17H,8H2,1-2H3,(H,18,19). The molecule has 0 saturated carbocycles. The van der Waals surface area contributed by atoms with Crippen LogP contribution in [0.3, 0.4) is 0 Å². The summed E-state index contributed by atoms with van der Waals surface area (Å²) in [6, 6.07) is 5.77. The predicted molar refractivity (Wildman–Crippen MR) is 74.8 cm³/mol. The number of rotatable bonds is 4. The zero-order valence-electron chi connectivity index (χ0n) is 11.0. The molecule has 0 unspecified atom stereocenters. The van der Waals surface area contributed by atoms with Crippen LogP contribution in [-0.2, 0) is 11.3 Å². The van der Waals surface area contributed by atoms with Gasteiger partial charge in [-0.05, 0) is 24.6 Å². The second kappa shape index (κ2) is 5.95. The molecule has 1 amide bonds. The highest BCUT2D eigenvalue weighted by Gasteiger charge is 2.02. The number of aryl methyl sites for hydroxylation is 1. The largest absolute Gasteiger partial charge is 0.381 e. The van der Waals surface area contributed by atoms with E-state index in [2.05, 4.69) is 20.6 Å². The Bertz CT molecular complexity index is 569. The molecule has 1 aromatic heterocycles. The van der Waals surface area contributed by atoms with Crippen molar-refractivity contribution >= 4 is 17.3 Å². The topological polar surface area (TPSA) is 66.9 Å². The number of carbonyl (C=O) groups is 1. The normalized spacial score (nSPS) is 10.0. The molecular formula is C14H16N4O. The van der Waals surface area contributed by atoms with Crippen molar-refractivity contribution in [2.24, 2.45) is 0 Å². The minimum absolute atomic E-state index is 0.0775. The summed E-state index contributed by atoms with van der Waals surface area (Å²) in [5.41, 5.74) is 3.89. The molecule has 2 rings (SSSR count). The Morgan fingerprint density at radius 1 is 1.26 bits per heavy atom. The molecule has 5 nitrogen and oxygen atoms in total. The molecule has 0 fully saturated rings. The summed E-state index contributed by atoms with van der Waals surface area (Å²) >= 11 is 0. The van der Waals surface area contributed by atoms with E-state index >= 15 is 0 Å². The molecule has 0 atom stereocenters. The highest BCUT2D eigenvalue weighted by molar-refractivity contribution is 5.89. The summed E-state index contributed by atoms with van der Waals surface area (Å²) in [6.07, 6.45) is 5.05. The van der Waals surface area contributed by atoms with Gasteiger partial charge in [0.15, 0.2) is 0 Å². The third-order valence-corrected chi connectivity index (χ3v) is 2.65. The van der Waals surface area contributed by atoms with Crippen LogP contribution in [-0.4, -0.2) is 15.9 Å². The van der Waals surface area contributed by atoms with Crippen LogP contribution < -0.4 is 10.6 Å². The molecule has 0 spiro atoms. The fourth-order valence-corrected chi connectivity index (χ4v) is 1.71. The Balaban J connectivity index is 2.08. The van der Waals surface area contributed by atoms with E-state index in [1.165, 1.54) is 13.3 Å². The molecule has 0 aliphatic carbocycles. The van der Waals surface area contributed by atoms with E-state index in [1.54, 1.807) is 12.4 Å². The van der Waals surface area contributed by atoms with Gasteiger partial charge in [0.25, 0.3) is 0 Å². The Kier molecular flexibility index (Phi) is 4.07. The maximum atomic E-state index is 11.0. The van der Waals surface area contributed by atoms with Gasteiger partial charge in [-0.25, -0.2) is 9.97 Å². The van der Waals surface area contributed by atoms with Crippen molar-refractivity contribution < 1.29 is 4.79 Å². The Hall–Kier alpha value is -2.43. The molecule has 98 valence electrons. The van der Waals surface area contributed by atoms with Gasteiger partial charge in [0.05, 0.1) is 0 Å². The van der Waals surface area contributed by atoms with Crippen LogP contribution in [0.25, 0.3) is 0 Å². The molecule has 2 aromatic rings. The van der Waals surface area contributed by atoms with Gasteiger partial charge < -0.3 is 10.6 Å². The highest BCUT2D eigenvalue weighted by atomic mass is 16.1. The van der Waals surface area contributed by atoms with Crippen LogP contribution in [0.15, 0.2) is 36.9 Å². The lowest BCUT2D eigenvalue weighted by molar-refractivity contribution is -0.114. The number of nitrogens with zero attached hydrogens (tertiary/aromatic N) is 2. The first kappa shape index (κ1) is 13.0. The van der Waals surface area contributed by atoms with Crippen LogP contribution in [0, 0.1) is 6.92 Å². The van der Waals surface area contributed by atoms with E-state index in [0.717, 1.165) is 22.5 Å². The summed E-state index contributed by atoms with van der Waals surface area (Å²) in [5, 5.41) is 6.08. The first-order valence-corrected chi connectivity index (χ1v) is 6.01. The molecule has 1 aromatic carbocycles. The van der Waals surface area contributed by atoms with Crippen LogP contribution in [0.2, 0.25) is 0 Å². The molecule has 0 aliphatic heterocycles. The van der Waals surface area contributed by atoms with Crippen molar-refractivity contribution in [3.05, 3.63) is 48.0 Å². The molecule has 5 heteroatoms. The maximum Gasteiger partial charge on any atom is 0.221 e. The number of amides is 1. The van der Waals surface area contributed by atoms with E-state index in [9.17, 15) is 4.79 Å². The Morgan fingerprint density at radius 3 is 2.68 bits per heavy atom. The van der Waals surface area contributed by atoms with E-state index < -0.39 is 0 Å². The highest BCUT2D eigenvalue weighted by Crippen LogP contribution is 2.20. The zero-order valence-corrected chi connectivity index (χ0v) is 11.0. The van der Waals surface area contributed by atoms with Crippen molar-refractivity contribution in [1.29, 1.82) is 0 Å². The number of hydrogen-bond donors (Lipinski definition) is 2. The van der Waals surface area contributed by atoms with Crippen LogP contribution in [0.1, 0.15) is 18.1 Å². The van der Waals surface area contributed by atoms with Crippen molar-refractivity contribution in [3.8, 4) is 0 Å². The number of hydrogen-bond acceptors (Lipinski definition) is 4. The number of nitrogens with one attached hydrogen (secondary N) is 2. The predicted octanol–water partition coefficient (Wildman–Crippen LogP) is 2.36. The third-order valence-electron chi connectivity index (χ3n) is 2.65. The van der Waals surface area contributed by atoms with Gasteiger partial charge in [-0.2, -0.15) is 0 Å². The average Bonchev–Trinajstić information content (AvgIpc) is 2.40. The quantitative estimate of drug-likeness (QED) is 0.881. The average molecular weight is 256 g/mol. The molecular weight excluding hydrogens is 240 g/mol. The molecule has 1 heterocycles. The maximum absolute atomic E-state index is 11.0. The summed E-state index contributed by atoms with van der Waals surface area (Å²) < 4.78 is 0. The lowest BCUT2D eigenvalue weighted by Crippen LogP contribution is -2.07. The van der Waals surface area contributed by atoms with Crippen molar-refractivity contribution in [2.75, 3.05) is 10.6 Å². The van der Waals surface area contributed by atoms with Gasteiger partial charge in [-0.1, -0.05) is 6.07 Å². The smallest absolute Gasteiger partial charge is 0.221 e. The first-order valence-electron chi connectivity index (χ1n) is 6.01. The zero-order chi connectivity index (χ0) is 13.7. The first-order chi connectivity index (χ1) is 9.15. The number of carbonyl (C=O) groups excluding carboxylic acids is 1. The van der Waals surface area contributed by atoms with Crippen molar-refractivity contribution in [3.63, 3.8) is 0 Å². The summed E-state index contributed by atoms with van der Waals surface area (Å²) in [4.78, 5) is 19.0. The fourth-order valence-electron chi connectivity index (χ4n) is 1.71. The van der Waals surface area contributed by atoms with Gasteiger partial charge in [0.1, 0.15) is 6.33 Å². The second-order valence-corrected chi connectivity index (χ2v) is 4.31. The number of aromatic nitrogens is 2. The lowest BCUT2D eigenvalue weighted by atomic mass is 10.1. The van der Waals surface area contributed by atoms with Gasteiger partial charge in [0, 0.05) is 42.8 Å². The molecule has 19 heavy (non-hydrogen) atoms. The summed E-state index contributed by atoms with van der Waals surface area (Å²) in [5.74, 6) is -0.0775. The van der Waals surface area contributed by atoms with Crippen molar-refractivity contribution in [1.82, 2.24) is 9.97 Å². The van der Waals surface area contributed by atoms with E-state index in [-0.39, 0.29) is 5.91 Å². The van der Waals surface area contributed by atoms with Gasteiger partial charge in [0.2, 0.25) is 5.91 Å². The fraction of sp³-hybridized carbons (Fsp3) is 0.214. The van der Waals surface area contributed by atoms with Gasteiger partial charge in [-0.3, -0.25) is 4.79 Å². The molecule has 0 radical (unpaired) electrons. The molecule has 2 N–H and O–H groups in total. The SMILES string of the molecule is CC(=O)Nc1ccc(C)c(NCc2cncnc2)c1. The monoisotopic (exact) mass is 256 g/mol. The van der Waals surface area contributed by atoms with Crippen LogP contribution >= 0.6 is 0 Å². The minimum Gasteiger partial charge on any atom is -0.381 e. The van der Waals surface area contributed by atoms with Crippen LogP contribution in [0.5, 0.6) is 0 Å². The van der Waals surface area contributed by atoms with E-state index in [4.69, 9.17) is 0 Å². The summed E-state index contributed by atoms with van der Waals surface area (Å²) in [6.45, 7) is 4.15. The van der Waals surface area contributed by atoms with Gasteiger partial charge in [-0.15, -0.1) is 0 Å².